The molecule has 0 aromatic heterocycles. The number of benzene rings is 4. The predicted octanol–water partition coefficient (Wildman–Crippen LogP) is 6.82. The fourth-order valence-corrected chi connectivity index (χ4v) is 3.68. The molecule has 0 aliphatic heterocycles. The lowest BCUT2D eigenvalue weighted by Gasteiger charge is -2.18. The summed E-state index contributed by atoms with van der Waals surface area (Å²) in [5.41, 5.74) is 2.27. The van der Waals surface area contributed by atoms with E-state index >= 15 is 0 Å². The van der Waals surface area contributed by atoms with Crippen molar-refractivity contribution in [2.75, 3.05) is 7.11 Å². The van der Waals surface area contributed by atoms with Gasteiger partial charge in [-0.25, -0.2) is 4.79 Å². The summed E-state index contributed by atoms with van der Waals surface area (Å²) in [6.45, 7) is 0.361. The van der Waals surface area contributed by atoms with Crippen molar-refractivity contribution in [1.29, 1.82) is 0 Å². The summed E-state index contributed by atoms with van der Waals surface area (Å²) in [6, 6.07) is 30.2. The first-order valence-electron chi connectivity index (χ1n) is 10.9. The maximum Gasteiger partial charge on any atom is 0.339 e. The molecule has 0 fully saturated rings. The topological polar surface area (TPSA) is 61.8 Å². The Morgan fingerprint density at radius 3 is 1.97 bits per heavy atom. The van der Waals surface area contributed by atoms with E-state index in [9.17, 15) is 9.59 Å². The van der Waals surface area contributed by atoms with Crippen molar-refractivity contribution < 1.29 is 23.8 Å². The molecule has 0 spiro atoms. The molecule has 0 bridgehead atoms. The van der Waals surface area contributed by atoms with Crippen LogP contribution in [0.4, 0.5) is 0 Å². The second-order valence-corrected chi connectivity index (χ2v) is 8.64. The first kappa shape index (κ1) is 24.2. The Balaban J connectivity index is 1.47. The monoisotopic (exact) mass is 530 g/mol. The van der Waals surface area contributed by atoms with Crippen LogP contribution in [0.15, 0.2) is 108 Å². The van der Waals surface area contributed by atoms with Crippen LogP contribution in [0, 0.1) is 0 Å². The Labute approximate surface area is 212 Å². The van der Waals surface area contributed by atoms with Crippen LogP contribution in [0.3, 0.4) is 0 Å². The summed E-state index contributed by atoms with van der Waals surface area (Å²) >= 11 is 3.40. The number of methoxy groups -OCH3 is 1. The van der Waals surface area contributed by atoms with Crippen molar-refractivity contribution in [3.05, 3.63) is 130 Å². The first-order valence-corrected chi connectivity index (χ1v) is 11.7. The normalized spacial score (nSPS) is 11.4. The van der Waals surface area contributed by atoms with Gasteiger partial charge in [-0.05, 0) is 66.2 Å². The van der Waals surface area contributed by atoms with Crippen LogP contribution in [-0.4, -0.2) is 18.9 Å². The second kappa shape index (κ2) is 11.5. The molecule has 0 heterocycles. The number of carbonyl (C=O) groups excluding carboxylic acids is 2. The molecule has 35 heavy (non-hydrogen) atoms. The Bertz CT molecular complexity index is 1270. The SMILES string of the molecule is COc1ccc(C(=O)[C@H](OC(=O)c2ccc(COc3ccc(Br)cc3)cc2)c2ccccc2)cc1. The van der Waals surface area contributed by atoms with Crippen molar-refractivity contribution in [3.63, 3.8) is 0 Å². The molecule has 0 saturated carbocycles. The lowest BCUT2D eigenvalue weighted by molar-refractivity contribution is 0.0280. The number of esters is 1. The Morgan fingerprint density at radius 1 is 0.743 bits per heavy atom. The highest BCUT2D eigenvalue weighted by Gasteiger charge is 2.26. The highest BCUT2D eigenvalue weighted by molar-refractivity contribution is 9.10. The number of halogens is 1. The predicted molar refractivity (Wildman–Crippen MR) is 137 cm³/mol. The van der Waals surface area contributed by atoms with E-state index in [0.29, 0.717) is 29.0 Å². The Morgan fingerprint density at radius 2 is 1.34 bits per heavy atom. The quantitative estimate of drug-likeness (QED) is 0.175. The van der Waals surface area contributed by atoms with E-state index in [1.165, 1.54) is 0 Å². The molecule has 6 heteroatoms. The molecule has 0 amide bonds. The van der Waals surface area contributed by atoms with Gasteiger partial charge in [-0.3, -0.25) is 4.79 Å². The molecule has 0 radical (unpaired) electrons. The van der Waals surface area contributed by atoms with Gasteiger partial charge in [-0.2, -0.15) is 0 Å². The van der Waals surface area contributed by atoms with E-state index in [2.05, 4.69) is 15.9 Å². The molecule has 176 valence electrons. The van der Waals surface area contributed by atoms with Gasteiger partial charge in [0.15, 0.2) is 6.10 Å². The molecule has 4 aromatic rings. The van der Waals surface area contributed by atoms with Crippen molar-refractivity contribution in [2.24, 2.45) is 0 Å². The highest BCUT2D eigenvalue weighted by atomic mass is 79.9. The Kier molecular flexibility index (Phi) is 7.95. The van der Waals surface area contributed by atoms with Crippen LogP contribution in [0.5, 0.6) is 11.5 Å². The average molecular weight is 531 g/mol. The zero-order chi connectivity index (χ0) is 24.6. The number of hydrogen-bond donors (Lipinski definition) is 0. The van der Waals surface area contributed by atoms with Crippen molar-refractivity contribution >= 4 is 27.7 Å². The van der Waals surface area contributed by atoms with E-state index in [-0.39, 0.29) is 5.78 Å². The Hall–Kier alpha value is -3.90. The van der Waals surface area contributed by atoms with Crippen LogP contribution in [0.1, 0.15) is 37.9 Å². The highest BCUT2D eigenvalue weighted by Crippen LogP contribution is 2.25. The van der Waals surface area contributed by atoms with Gasteiger partial charge >= 0.3 is 5.97 Å². The second-order valence-electron chi connectivity index (χ2n) is 7.73. The number of ether oxygens (including phenoxy) is 3. The van der Waals surface area contributed by atoms with Gasteiger partial charge in [-0.15, -0.1) is 0 Å². The molecule has 0 saturated heterocycles. The number of rotatable bonds is 9. The minimum absolute atomic E-state index is 0.313. The molecule has 0 aliphatic rings. The van der Waals surface area contributed by atoms with Crippen LogP contribution >= 0.6 is 15.9 Å². The summed E-state index contributed by atoms with van der Waals surface area (Å²) in [5.74, 6) is 0.492. The fraction of sp³-hybridized carbons (Fsp3) is 0.103. The lowest BCUT2D eigenvalue weighted by Crippen LogP contribution is -2.20. The molecule has 0 aliphatic carbocycles. The molecule has 0 unspecified atom stereocenters. The molecule has 4 aromatic carbocycles. The summed E-state index contributed by atoms with van der Waals surface area (Å²) in [4.78, 5) is 26.2. The van der Waals surface area contributed by atoms with Crippen LogP contribution < -0.4 is 9.47 Å². The molecular weight excluding hydrogens is 508 g/mol. The van der Waals surface area contributed by atoms with E-state index in [0.717, 1.165) is 15.8 Å². The van der Waals surface area contributed by atoms with Crippen LogP contribution in [0.2, 0.25) is 0 Å². The average Bonchev–Trinajstić information content (AvgIpc) is 2.91. The summed E-state index contributed by atoms with van der Waals surface area (Å²) in [5, 5.41) is 0. The lowest BCUT2D eigenvalue weighted by atomic mass is 9.99. The molecule has 4 rings (SSSR count). The van der Waals surface area contributed by atoms with E-state index in [1.807, 2.05) is 30.3 Å². The summed E-state index contributed by atoms with van der Waals surface area (Å²) in [6.07, 6.45) is -1.07. The smallest absolute Gasteiger partial charge is 0.339 e. The van der Waals surface area contributed by atoms with E-state index in [1.54, 1.807) is 79.9 Å². The van der Waals surface area contributed by atoms with Crippen molar-refractivity contribution in [3.8, 4) is 11.5 Å². The zero-order valence-corrected chi connectivity index (χ0v) is 20.6. The maximum absolute atomic E-state index is 13.3. The van der Waals surface area contributed by atoms with Gasteiger partial charge < -0.3 is 14.2 Å². The minimum Gasteiger partial charge on any atom is -0.497 e. The largest absolute Gasteiger partial charge is 0.497 e. The standard InChI is InChI=1S/C29H23BrO5/c1-33-25-15-11-21(12-16-25)27(31)28(22-5-3-2-4-6-22)35-29(32)23-9-7-20(8-10-23)19-34-26-17-13-24(30)14-18-26/h2-18,28H,19H2,1H3/t28-/m1/s1. The maximum atomic E-state index is 13.3. The third kappa shape index (κ3) is 6.37. The first-order chi connectivity index (χ1) is 17.0. The van der Waals surface area contributed by atoms with Gasteiger partial charge in [0.25, 0.3) is 0 Å². The summed E-state index contributed by atoms with van der Waals surface area (Å²) < 4.78 is 17.6. The minimum atomic E-state index is -1.07. The van der Waals surface area contributed by atoms with Gasteiger partial charge in [0.2, 0.25) is 5.78 Å². The fourth-order valence-electron chi connectivity index (χ4n) is 3.42. The van der Waals surface area contributed by atoms with Gasteiger partial charge in [0, 0.05) is 15.6 Å². The van der Waals surface area contributed by atoms with E-state index < -0.39 is 12.1 Å². The van der Waals surface area contributed by atoms with Crippen LogP contribution in [0.25, 0.3) is 0 Å². The molecular formula is C29H23BrO5. The number of ketones is 1. The van der Waals surface area contributed by atoms with E-state index in [4.69, 9.17) is 14.2 Å². The number of carbonyl (C=O) groups is 2. The van der Waals surface area contributed by atoms with Crippen LogP contribution in [-0.2, 0) is 11.3 Å². The number of Topliss-reactive ketones (excluding diaryl/α,β-unsaturated/α-hetero) is 1. The van der Waals surface area contributed by atoms with Crippen molar-refractivity contribution in [2.45, 2.75) is 12.7 Å². The third-order valence-corrected chi connectivity index (χ3v) is 5.88. The van der Waals surface area contributed by atoms with Gasteiger partial charge in [-0.1, -0.05) is 58.4 Å². The number of hydrogen-bond acceptors (Lipinski definition) is 5. The van der Waals surface area contributed by atoms with Gasteiger partial charge in [0.05, 0.1) is 12.7 Å². The molecule has 1 atom stereocenters. The molecule has 0 N–H and O–H groups in total. The van der Waals surface area contributed by atoms with Crippen molar-refractivity contribution in [1.82, 2.24) is 0 Å². The third-order valence-electron chi connectivity index (χ3n) is 5.35. The summed E-state index contributed by atoms with van der Waals surface area (Å²) in [7, 11) is 1.56. The molecule has 5 nitrogen and oxygen atoms in total. The zero-order valence-electron chi connectivity index (χ0n) is 19.0. The van der Waals surface area contributed by atoms with Gasteiger partial charge in [0.1, 0.15) is 18.1 Å².